The smallest absolute Gasteiger partial charge is 0.260 e. The Balaban J connectivity index is 1.78. The van der Waals surface area contributed by atoms with Gasteiger partial charge in [-0.1, -0.05) is 23.7 Å². The summed E-state index contributed by atoms with van der Waals surface area (Å²) in [5, 5.41) is 3.65. The third-order valence-electron chi connectivity index (χ3n) is 4.17. The summed E-state index contributed by atoms with van der Waals surface area (Å²) >= 11 is 6.16. The summed E-state index contributed by atoms with van der Waals surface area (Å²) in [5.41, 5.74) is 3.06. The fourth-order valence-electron chi connectivity index (χ4n) is 2.71. The first kappa shape index (κ1) is 20.1. The number of hydrogen-bond donors (Lipinski definition) is 1. The molecule has 140 valence electrons. The molecule has 1 N–H and O–H groups in total. The van der Waals surface area contributed by atoms with E-state index in [4.69, 9.17) is 21.1 Å². The molecule has 0 saturated carbocycles. The van der Waals surface area contributed by atoms with Crippen molar-refractivity contribution in [3.63, 3.8) is 0 Å². The number of carbonyl (C=O) groups excluding carboxylic acids is 1. The van der Waals surface area contributed by atoms with Crippen LogP contribution in [0.4, 0.5) is 0 Å². The van der Waals surface area contributed by atoms with Crippen molar-refractivity contribution < 1.29 is 14.3 Å². The molecule has 2 aromatic rings. The lowest BCUT2D eigenvalue weighted by Crippen LogP contribution is -2.37. The molecule has 4 nitrogen and oxygen atoms in total. The lowest BCUT2D eigenvalue weighted by atomic mass is 10.1. The standard InChI is InChI=1S/C21H26ClNO3/c1-14-11-19(12-15(2)20(14)22)26-16(3)21(24)23-10-6-8-17-7-5-9-18(13-17)25-4/h5,7,9,11-13,16H,6,8,10H2,1-4H3,(H,23,24)/t16-/m1/s1. The average Bonchev–Trinajstić information content (AvgIpc) is 2.63. The van der Waals surface area contributed by atoms with Crippen molar-refractivity contribution in [1.82, 2.24) is 5.32 Å². The van der Waals surface area contributed by atoms with E-state index < -0.39 is 6.10 Å². The number of benzene rings is 2. The molecule has 0 spiro atoms. The summed E-state index contributed by atoms with van der Waals surface area (Å²) in [7, 11) is 1.66. The number of ether oxygens (including phenoxy) is 2. The molecule has 0 radical (unpaired) electrons. The first-order valence-electron chi connectivity index (χ1n) is 8.74. The SMILES string of the molecule is COc1cccc(CCCNC(=O)[C@@H](C)Oc2cc(C)c(Cl)c(C)c2)c1. The van der Waals surface area contributed by atoms with E-state index in [2.05, 4.69) is 11.4 Å². The average molecular weight is 376 g/mol. The maximum Gasteiger partial charge on any atom is 0.260 e. The first-order valence-corrected chi connectivity index (χ1v) is 9.12. The summed E-state index contributed by atoms with van der Waals surface area (Å²) in [6, 6.07) is 11.7. The van der Waals surface area contributed by atoms with Crippen LogP contribution in [0, 0.1) is 13.8 Å². The Kier molecular flexibility index (Phi) is 7.34. The number of nitrogens with one attached hydrogen (secondary N) is 1. The summed E-state index contributed by atoms with van der Waals surface area (Å²) in [6.45, 7) is 6.19. The minimum atomic E-state index is -0.563. The van der Waals surface area contributed by atoms with Crippen molar-refractivity contribution in [2.24, 2.45) is 0 Å². The van der Waals surface area contributed by atoms with Gasteiger partial charge in [0.25, 0.3) is 5.91 Å². The highest BCUT2D eigenvalue weighted by Crippen LogP contribution is 2.26. The number of amides is 1. The van der Waals surface area contributed by atoms with Gasteiger partial charge in [0.15, 0.2) is 6.10 Å². The Morgan fingerprint density at radius 1 is 1.15 bits per heavy atom. The topological polar surface area (TPSA) is 47.6 Å². The van der Waals surface area contributed by atoms with Crippen LogP contribution in [0.25, 0.3) is 0 Å². The number of carbonyl (C=O) groups is 1. The predicted molar refractivity (Wildman–Crippen MR) is 105 cm³/mol. The van der Waals surface area contributed by atoms with Crippen LogP contribution >= 0.6 is 11.6 Å². The number of rotatable bonds is 8. The molecule has 1 atom stereocenters. The maximum atomic E-state index is 12.2. The molecular formula is C21H26ClNO3. The minimum absolute atomic E-state index is 0.124. The molecule has 26 heavy (non-hydrogen) atoms. The quantitative estimate of drug-likeness (QED) is 0.692. The molecule has 0 aliphatic rings. The van der Waals surface area contributed by atoms with Gasteiger partial charge in [-0.05, 0) is 74.6 Å². The van der Waals surface area contributed by atoms with Gasteiger partial charge >= 0.3 is 0 Å². The van der Waals surface area contributed by atoms with Crippen molar-refractivity contribution in [3.8, 4) is 11.5 Å². The van der Waals surface area contributed by atoms with Crippen LogP contribution in [0.1, 0.15) is 30.0 Å². The number of halogens is 1. The van der Waals surface area contributed by atoms with Gasteiger partial charge in [-0.3, -0.25) is 4.79 Å². The van der Waals surface area contributed by atoms with Crippen LogP contribution in [0.5, 0.6) is 11.5 Å². The summed E-state index contributed by atoms with van der Waals surface area (Å²) < 4.78 is 11.0. The van der Waals surface area contributed by atoms with Crippen LogP contribution in [0.3, 0.4) is 0 Å². The van der Waals surface area contributed by atoms with Crippen LogP contribution in [-0.2, 0) is 11.2 Å². The Morgan fingerprint density at radius 3 is 2.50 bits per heavy atom. The van der Waals surface area contributed by atoms with Gasteiger partial charge in [0.05, 0.1) is 7.11 Å². The van der Waals surface area contributed by atoms with Gasteiger partial charge < -0.3 is 14.8 Å². The molecule has 0 saturated heterocycles. The highest BCUT2D eigenvalue weighted by Gasteiger charge is 2.15. The third kappa shape index (κ3) is 5.67. The van der Waals surface area contributed by atoms with E-state index in [1.165, 1.54) is 5.56 Å². The van der Waals surface area contributed by atoms with E-state index in [9.17, 15) is 4.79 Å². The van der Waals surface area contributed by atoms with E-state index in [0.29, 0.717) is 12.3 Å². The van der Waals surface area contributed by atoms with Crippen molar-refractivity contribution in [1.29, 1.82) is 0 Å². The minimum Gasteiger partial charge on any atom is -0.497 e. The van der Waals surface area contributed by atoms with Crippen molar-refractivity contribution in [2.75, 3.05) is 13.7 Å². The van der Waals surface area contributed by atoms with Gasteiger partial charge in [0.1, 0.15) is 11.5 Å². The van der Waals surface area contributed by atoms with E-state index in [1.807, 2.05) is 44.2 Å². The lowest BCUT2D eigenvalue weighted by molar-refractivity contribution is -0.127. The lowest BCUT2D eigenvalue weighted by Gasteiger charge is -2.16. The third-order valence-corrected chi connectivity index (χ3v) is 4.76. The van der Waals surface area contributed by atoms with E-state index >= 15 is 0 Å². The Hall–Kier alpha value is -2.20. The Morgan fingerprint density at radius 2 is 1.85 bits per heavy atom. The fourth-order valence-corrected chi connectivity index (χ4v) is 2.82. The second kappa shape index (κ2) is 9.48. The van der Waals surface area contributed by atoms with Crippen LogP contribution in [0.15, 0.2) is 36.4 Å². The van der Waals surface area contributed by atoms with Gasteiger partial charge in [-0.2, -0.15) is 0 Å². The maximum absolute atomic E-state index is 12.2. The number of hydrogen-bond acceptors (Lipinski definition) is 3. The van der Waals surface area contributed by atoms with Crippen LogP contribution in [-0.4, -0.2) is 25.7 Å². The monoisotopic (exact) mass is 375 g/mol. The highest BCUT2D eigenvalue weighted by atomic mass is 35.5. The van der Waals surface area contributed by atoms with Gasteiger partial charge in [-0.25, -0.2) is 0 Å². The van der Waals surface area contributed by atoms with E-state index in [0.717, 1.165) is 34.7 Å². The zero-order valence-corrected chi connectivity index (χ0v) is 16.5. The van der Waals surface area contributed by atoms with Crippen molar-refractivity contribution in [2.45, 2.75) is 39.7 Å². The number of aryl methyl sites for hydroxylation is 3. The van der Waals surface area contributed by atoms with Crippen LogP contribution in [0.2, 0.25) is 5.02 Å². The molecule has 0 aliphatic heterocycles. The van der Waals surface area contributed by atoms with Gasteiger partial charge in [-0.15, -0.1) is 0 Å². The van der Waals surface area contributed by atoms with Crippen molar-refractivity contribution >= 4 is 17.5 Å². The molecular weight excluding hydrogens is 350 g/mol. The van der Waals surface area contributed by atoms with Crippen molar-refractivity contribution in [3.05, 3.63) is 58.1 Å². The molecule has 2 aromatic carbocycles. The number of methoxy groups -OCH3 is 1. The molecule has 0 fully saturated rings. The first-order chi connectivity index (χ1) is 12.4. The normalized spacial score (nSPS) is 11.7. The summed E-state index contributed by atoms with van der Waals surface area (Å²) in [5.74, 6) is 1.38. The molecule has 0 unspecified atom stereocenters. The molecule has 0 heterocycles. The second-order valence-corrected chi connectivity index (χ2v) is 6.76. The van der Waals surface area contributed by atoms with Gasteiger partial charge in [0, 0.05) is 11.6 Å². The van der Waals surface area contributed by atoms with Crippen LogP contribution < -0.4 is 14.8 Å². The molecule has 0 bridgehead atoms. The zero-order valence-electron chi connectivity index (χ0n) is 15.8. The van der Waals surface area contributed by atoms with Gasteiger partial charge in [0.2, 0.25) is 0 Å². The summed E-state index contributed by atoms with van der Waals surface area (Å²) in [6.07, 6.45) is 1.17. The molecule has 0 aliphatic carbocycles. The van der Waals surface area contributed by atoms with E-state index in [1.54, 1.807) is 14.0 Å². The Labute approximate surface area is 160 Å². The summed E-state index contributed by atoms with van der Waals surface area (Å²) in [4.78, 5) is 12.2. The predicted octanol–water partition coefficient (Wildman–Crippen LogP) is 4.48. The Bertz CT molecular complexity index is 738. The zero-order chi connectivity index (χ0) is 19.1. The molecule has 0 aromatic heterocycles. The molecule has 1 amide bonds. The second-order valence-electron chi connectivity index (χ2n) is 6.38. The fraction of sp³-hybridized carbons (Fsp3) is 0.381. The highest BCUT2D eigenvalue weighted by molar-refractivity contribution is 6.32. The largest absolute Gasteiger partial charge is 0.497 e. The molecule has 2 rings (SSSR count). The molecule has 5 heteroatoms. The van der Waals surface area contributed by atoms with E-state index in [-0.39, 0.29) is 5.91 Å².